The van der Waals surface area contributed by atoms with Gasteiger partial charge in [-0.05, 0) is 46.5 Å². The minimum atomic E-state index is -0.591. The van der Waals surface area contributed by atoms with Crippen LogP contribution >= 0.6 is 0 Å². The van der Waals surface area contributed by atoms with Gasteiger partial charge in [0, 0.05) is 19.8 Å². The van der Waals surface area contributed by atoms with Crippen LogP contribution in [0.5, 0.6) is 0 Å². The maximum Gasteiger partial charge on any atom is 0.283 e. The molecule has 0 saturated heterocycles. The van der Waals surface area contributed by atoms with E-state index >= 15 is 0 Å². The summed E-state index contributed by atoms with van der Waals surface area (Å²) in [5, 5.41) is 4.10. The minimum absolute atomic E-state index is 0.370. The monoisotopic (exact) mass is 284 g/mol. The van der Waals surface area contributed by atoms with Gasteiger partial charge in [-0.1, -0.05) is 5.16 Å². The predicted molar refractivity (Wildman–Crippen MR) is 72.1 cm³/mol. The van der Waals surface area contributed by atoms with Crippen LogP contribution in [-0.4, -0.2) is 30.0 Å². The van der Waals surface area contributed by atoms with Gasteiger partial charge in [0.15, 0.2) is 0 Å². The largest absolute Gasteiger partial charge is 0.367 e. The fourth-order valence-corrected chi connectivity index (χ4v) is 2.66. The van der Waals surface area contributed by atoms with Crippen molar-refractivity contribution >= 4 is 0 Å². The van der Waals surface area contributed by atoms with Crippen molar-refractivity contribution in [2.24, 2.45) is 0 Å². The Labute approximate surface area is 119 Å². The molecule has 0 spiro atoms. The van der Waals surface area contributed by atoms with E-state index in [1.54, 1.807) is 0 Å². The second-order valence-corrected chi connectivity index (χ2v) is 4.83. The molecule has 0 aromatic carbocycles. The number of ether oxygens (including phenoxy) is 3. The van der Waals surface area contributed by atoms with E-state index in [-0.39, 0.29) is 5.60 Å². The molecule has 1 aliphatic rings. The van der Waals surface area contributed by atoms with Crippen LogP contribution in [0.15, 0.2) is 4.52 Å². The highest BCUT2D eigenvalue weighted by Crippen LogP contribution is 2.41. The van der Waals surface area contributed by atoms with Gasteiger partial charge >= 0.3 is 0 Å². The molecule has 1 saturated carbocycles. The van der Waals surface area contributed by atoms with Crippen molar-refractivity contribution in [3.8, 4) is 0 Å². The SMILES string of the molecule is CCOC(OCC)c1nc(C2(OCC)CCCC2)no1. The molecule has 0 aliphatic heterocycles. The maximum absolute atomic E-state index is 5.92. The number of nitrogens with zero attached hydrogens (tertiary/aromatic N) is 2. The molecule has 1 aromatic rings. The van der Waals surface area contributed by atoms with E-state index in [2.05, 4.69) is 10.1 Å². The average Bonchev–Trinajstić information content (AvgIpc) is 3.08. The first-order valence-electron chi connectivity index (χ1n) is 7.47. The van der Waals surface area contributed by atoms with Crippen LogP contribution in [0.25, 0.3) is 0 Å². The molecule has 114 valence electrons. The minimum Gasteiger partial charge on any atom is -0.367 e. The zero-order valence-electron chi connectivity index (χ0n) is 12.6. The molecule has 6 heteroatoms. The second-order valence-electron chi connectivity index (χ2n) is 4.83. The van der Waals surface area contributed by atoms with Gasteiger partial charge in [0.1, 0.15) is 5.60 Å². The highest BCUT2D eigenvalue weighted by atomic mass is 16.7. The van der Waals surface area contributed by atoms with E-state index < -0.39 is 6.29 Å². The second kappa shape index (κ2) is 7.15. The Kier molecular flexibility index (Phi) is 5.51. The van der Waals surface area contributed by atoms with Crippen LogP contribution in [0.4, 0.5) is 0 Å². The van der Waals surface area contributed by atoms with E-state index in [4.69, 9.17) is 18.7 Å². The summed E-state index contributed by atoms with van der Waals surface area (Å²) < 4.78 is 22.2. The molecule has 0 N–H and O–H groups in total. The smallest absolute Gasteiger partial charge is 0.283 e. The molecule has 2 rings (SSSR count). The molecule has 1 heterocycles. The quantitative estimate of drug-likeness (QED) is 0.684. The Bertz CT molecular complexity index is 396. The molecule has 1 aromatic heterocycles. The van der Waals surface area contributed by atoms with Crippen molar-refractivity contribution in [1.29, 1.82) is 0 Å². The molecule has 1 aliphatic carbocycles. The lowest BCUT2D eigenvalue weighted by molar-refractivity contribution is -0.155. The third-order valence-electron chi connectivity index (χ3n) is 3.52. The predicted octanol–water partition coefficient (Wildman–Crippen LogP) is 2.95. The van der Waals surface area contributed by atoms with E-state index in [0.29, 0.717) is 31.5 Å². The van der Waals surface area contributed by atoms with Gasteiger partial charge in [0.25, 0.3) is 5.89 Å². The summed E-state index contributed by atoms with van der Waals surface area (Å²) in [6.45, 7) is 7.50. The first kappa shape index (κ1) is 15.4. The summed E-state index contributed by atoms with van der Waals surface area (Å²) in [4.78, 5) is 4.47. The van der Waals surface area contributed by atoms with Crippen molar-refractivity contribution in [2.75, 3.05) is 19.8 Å². The summed E-state index contributed by atoms with van der Waals surface area (Å²) in [7, 11) is 0. The van der Waals surface area contributed by atoms with E-state index in [0.717, 1.165) is 25.7 Å². The van der Waals surface area contributed by atoms with E-state index in [9.17, 15) is 0 Å². The topological polar surface area (TPSA) is 66.6 Å². The van der Waals surface area contributed by atoms with Gasteiger partial charge in [-0.2, -0.15) is 4.98 Å². The van der Waals surface area contributed by atoms with Gasteiger partial charge < -0.3 is 18.7 Å². The van der Waals surface area contributed by atoms with Crippen molar-refractivity contribution in [1.82, 2.24) is 10.1 Å². The maximum atomic E-state index is 5.92. The molecular formula is C14H24N2O4. The van der Waals surface area contributed by atoms with Crippen LogP contribution in [0, 0.1) is 0 Å². The molecule has 0 radical (unpaired) electrons. The summed E-state index contributed by atoms with van der Waals surface area (Å²) in [5.74, 6) is 0.992. The van der Waals surface area contributed by atoms with Gasteiger partial charge in [0.2, 0.25) is 12.1 Å². The average molecular weight is 284 g/mol. The molecule has 0 amide bonds. The fourth-order valence-electron chi connectivity index (χ4n) is 2.66. The number of hydrogen-bond donors (Lipinski definition) is 0. The number of aromatic nitrogens is 2. The number of hydrogen-bond acceptors (Lipinski definition) is 6. The first-order valence-corrected chi connectivity index (χ1v) is 7.47. The Balaban J connectivity index is 2.17. The Hall–Kier alpha value is -0.980. The van der Waals surface area contributed by atoms with Crippen LogP contribution in [0.3, 0.4) is 0 Å². The van der Waals surface area contributed by atoms with E-state index in [1.807, 2.05) is 20.8 Å². The zero-order chi connectivity index (χ0) is 14.4. The van der Waals surface area contributed by atoms with Crippen molar-refractivity contribution in [3.05, 3.63) is 11.7 Å². The van der Waals surface area contributed by atoms with Crippen LogP contribution in [0.2, 0.25) is 0 Å². The van der Waals surface area contributed by atoms with Crippen molar-refractivity contribution in [2.45, 2.75) is 58.3 Å². The van der Waals surface area contributed by atoms with Gasteiger partial charge in [-0.3, -0.25) is 0 Å². The van der Waals surface area contributed by atoms with Crippen molar-refractivity contribution < 1.29 is 18.7 Å². The van der Waals surface area contributed by atoms with Gasteiger partial charge in [-0.15, -0.1) is 0 Å². The van der Waals surface area contributed by atoms with Gasteiger partial charge in [-0.25, -0.2) is 0 Å². The highest BCUT2D eigenvalue weighted by molar-refractivity contribution is 5.05. The normalized spacial score (nSPS) is 18.0. The van der Waals surface area contributed by atoms with Crippen LogP contribution in [0.1, 0.15) is 64.5 Å². The molecule has 0 bridgehead atoms. The van der Waals surface area contributed by atoms with Crippen LogP contribution < -0.4 is 0 Å². The third-order valence-corrected chi connectivity index (χ3v) is 3.52. The molecule has 6 nitrogen and oxygen atoms in total. The summed E-state index contributed by atoms with van der Waals surface area (Å²) in [5.41, 5.74) is -0.389. The lowest BCUT2D eigenvalue weighted by Crippen LogP contribution is -2.27. The molecule has 1 fully saturated rings. The summed E-state index contributed by atoms with van der Waals surface area (Å²) in [6, 6.07) is 0. The Morgan fingerprint density at radius 3 is 2.30 bits per heavy atom. The zero-order valence-corrected chi connectivity index (χ0v) is 12.6. The fraction of sp³-hybridized carbons (Fsp3) is 0.857. The molecule has 20 heavy (non-hydrogen) atoms. The lowest BCUT2D eigenvalue weighted by atomic mass is 10.0. The summed E-state index contributed by atoms with van der Waals surface area (Å²) >= 11 is 0. The molecule has 0 atom stereocenters. The molecule has 0 unspecified atom stereocenters. The van der Waals surface area contributed by atoms with Gasteiger partial charge in [0.05, 0.1) is 0 Å². The first-order chi connectivity index (χ1) is 9.75. The standard InChI is InChI=1S/C14H24N2O4/c1-4-17-12(18-5-2)11-15-13(16-20-11)14(19-6-3)9-7-8-10-14/h12H,4-10H2,1-3H3. The third kappa shape index (κ3) is 3.19. The highest BCUT2D eigenvalue weighted by Gasteiger charge is 2.41. The molecular weight excluding hydrogens is 260 g/mol. The van der Waals surface area contributed by atoms with E-state index in [1.165, 1.54) is 0 Å². The summed E-state index contributed by atoms with van der Waals surface area (Å²) in [6.07, 6.45) is 3.54. The van der Waals surface area contributed by atoms with Crippen LogP contribution in [-0.2, 0) is 19.8 Å². The van der Waals surface area contributed by atoms with Crippen molar-refractivity contribution in [3.63, 3.8) is 0 Å². The Morgan fingerprint density at radius 1 is 1.10 bits per heavy atom. The Morgan fingerprint density at radius 2 is 1.75 bits per heavy atom. The lowest BCUT2D eigenvalue weighted by Gasteiger charge is -2.24. The number of rotatable bonds is 8.